The Morgan fingerprint density at radius 3 is 2.34 bits per heavy atom. The fourth-order valence-electron chi connectivity index (χ4n) is 3.92. The van der Waals surface area contributed by atoms with Gasteiger partial charge in [-0.05, 0) is 43.6 Å². The summed E-state index contributed by atoms with van der Waals surface area (Å²) in [5.41, 5.74) is 2.54. The highest BCUT2D eigenvalue weighted by Gasteiger charge is 2.29. The topological polar surface area (TPSA) is 59.8 Å². The van der Waals surface area contributed by atoms with Gasteiger partial charge in [-0.2, -0.15) is 0 Å². The smallest absolute Gasteiger partial charge is 0.233 e. The second-order valence-electron chi connectivity index (χ2n) is 9.48. The number of aromatic nitrogens is 3. The van der Waals surface area contributed by atoms with Crippen LogP contribution in [0.5, 0.6) is 0 Å². The van der Waals surface area contributed by atoms with E-state index in [4.69, 9.17) is 0 Å². The predicted molar refractivity (Wildman–Crippen MR) is 118 cm³/mol. The quantitative estimate of drug-likeness (QED) is 0.669. The molecule has 2 aliphatic rings. The maximum absolute atomic E-state index is 12.4. The Kier molecular flexibility index (Phi) is 5.74. The highest BCUT2D eigenvalue weighted by molar-refractivity contribution is 8.00. The van der Waals surface area contributed by atoms with Crippen molar-refractivity contribution in [1.82, 2.24) is 20.1 Å². The van der Waals surface area contributed by atoms with E-state index in [-0.39, 0.29) is 16.6 Å². The lowest BCUT2D eigenvalue weighted by molar-refractivity contribution is -0.120. The van der Waals surface area contributed by atoms with Crippen LogP contribution in [0.4, 0.5) is 0 Å². The Morgan fingerprint density at radius 1 is 1.10 bits per heavy atom. The minimum absolute atomic E-state index is 0.106. The molecule has 0 radical (unpaired) electrons. The van der Waals surface area contributed by atoms with E-state index < -0.39 is 0 Å². The van der Waals surface area contributed by atoms with Crippen LogP contribution in [0.3, 0.4) is 0 Å². The lowest BCUT2D eigenvalue weighted by atomic mass is 9.86. The van der Waals surface area contributed by atoms with Crippen LogP contribution in [0.15, 0.2) is 29.4 Å². The number of rotatable bonds is 6. The monoisotopic (exact) mass is 412 g/mol. The summed E-state index contributed by atoms with van der Waals surface area (Å²) in [5, 5.41) is 12.9. The third kappa shape index (κ3) is 4.68. The second kappa shape index (κ2) is 8.13. The van der Waals surface area contributed by atoms with Gasteiger partial charge in [0.05, 0.1) is 5.25 Å². The van der Waals surface area contributed by atoms with Crippen molar-refractivity contribution in [3.63, 3.8) is 0 Å². The van der Waals surface area contributed by atoms with E-state index in [1.165, 1.54) is 30.2 Å². The van der Waals surface area contributed by atoms with E-state index >= 15 is 0 Å². The molecule has 1 aromatic carbocycles. The van der Waals surface area contributed by atoms with Crippen molar-refractivity contribution in [3.8, 4) is 11.4 Å². The van der Waals surface area contributed by atoms with Crippen molar-refractivity contribution in [1.29, 1.82) is 0 Å². The van der Waals surface area contributed by atoms with Crippen LogP contribution in [0.25, 0.3) is 11.4 Å². The molecule has 1 aromatic heterocycles. The minimum atomic E-state index is -0.170. The van der Waals surface area contributed by atoms with E-state index in [1.54, 1.807) is 0 Å². The molecule has 5 nitrogen and oxygen atoms in total. The summed E-state index contributed by atoms with van der Waals surface area (Å²) in [5.74, 6) is 1.03. The van der Waals surface area contributed by atoms with Gasteiger partial charge in [0, 0.05) is 17.6 Å². The van der Waals surface area contributed by atoms with Gasteiger partial charge < -0.3 is 5.32 Å². The van der Waals surface area contributed by atoms with Gasteiger partial charge in [-0.15, -0.1) is 10.2 Å². The lowest BCUT2D eigenvalue weighted by Crippen LogP contribution is -2.32. The number of carbonyl (C=O) groups is 1. The summed E-state index contributed by atoms with van der Waals surface area (Å²) >= 11 is 1.54. The molecule has 0 unspecified atom stereocenters. The molecule has 0 saturated heterocycles. The van der Waals surface area contributed by atoms with Gasteiger partial charge in [-0.1, -0.05) is 69.6 Å². The summed E-state index contributed by atoms with van der Waals surface area (Å²) in [7, 11) is 0. The molecule has 1 atom stereocenters. The SMILES string of the molecule is C[C@@H](Sc1nnc(-c2ccc(C(C)(C)C)cc2)n1C1CCCC1)C(=O)NC1CC1. The number of nitrogens with one attached hydrogen (secondary N) is 1. The zero-order valence-corrected chi connectivity index (χ0v) is 18.8. The van der Waals surface area contributed by atoms with Crippen LogP contribution >= 0.6 is 11.8 Å². The second-order valence-corrected chi connectivity index (χ2v) is 10.8. The van der Waals surface area contributed by atoms with Crippen molar-refractivity contribution in [2.45, 2.75) is 94.1 Å². The van der Waals surface area contributed by atoms with Crippen LogP contribution in [-0.4, -0.2) is 32.0 Å². The van der Waals surface area contributed by atoms with Gasteiger partial charge in [0.15, 0.2) is 11.0 Å². The number of amides is 1. The first-order chi connectivity index (χ1) is 13.8. The largest absolute Gasteiger partial charge is 0.352 e. The molecular formula is C23H32N4OS. The average Bonchev–Trinajstić information content (AvgIpc) is 3.17. The Labute approximate surface area is 178 Å². The molecule has 0 aliphatic heterocycles. The normalized spacial score (nSPS) is 18.8. The third-order valence-corrected chi connectivity index (χ3v) is 7.00. The van der Waals surface area contributed by atoms with E-state index in [9.17, 15) is 4.79 Å². The van der Waals surface area contributed by atoms with Crippen molar-refractivity contribution >= 4 is 17.7 Å². The number of carbonyl (C=O) groups excluding carboxylic acids is 1. The molecular weight excluding hydrogens is 380 g/mol. The molecule has 2 fully saturated rings. The fraction of sp³-hybridized carbons (Fsp3) is 0.609. The van der Waals surface area contributed by atoms with E-state index in [2.05, 4.69) is 65.1 Å². The molecule has 0 bridgehead atoms. The zero-order chi connectivity index (χ0) is 20.6. The minimum Gasteiger partial charge on any atom is -0.352 e. The van der Waals surface area contributed by atoms with Crippen LogP contribution in [-0.2, 0) is 10.2 Å². The summed E-state index contributed by atoms with van der Waals surface area (Å²) in [4.78, 5) is 12.4. The predicted octanol–water partition coefficient (Wildman–Crippen LogP) is 5.12. The Morgan fingerprint density at radius 2 is 1.76 bits per heavy atom. The average molecular weight is 413 g/mol. The van der Waals surface area contributed by atoms with Gasteiger partial charge in [0.25, 0.3) is 0 Å². The molecule has 6 heteroatoms. The number of hydrogen-bond donors (Lipinski definition) is 1. The van der Waals surface area contributed by atoms with Crippen molar-refractivity contribution < 1.29 is 4.79 Å². The number of benzene rings is 1. The first-order valence-corrected chi connectivity index (χ1v) is 11.7. The van der Waals surface area contributed by atoms with Crippen molar-refractivity contribution in [3.05, 3.63) is 29.8 Å². The van der Waals surface area contributed by atoms with Gasteiger partial charge in [-0.25, -0.2) is 0 Å². The molecule has 2 aromatic rings. The molecule has 1 N–H and O–H groups in total. The molecule has 4 rings (SSSR count). The summed E-state index contributed by atoms with van der Waals surface area (Å²) in [6.45, 7) is 8.65. The maximum Gasteiger partial charge on any atom is 0.233 e. The van der Waals surface area contributed by atoms with E-state index in [0.717, 1.165) is 42.2 Å². The zero-order valence-electron chi connectivity index (χ0n) is 17.9. The lowest BCUT2D eigenvalue weighted by Gasteiger charge is -2.20. The fourth-order valence-corrected chi connectivity index (χ4v) is 4.85. The number of nitrogens with zero attached hydrogens (tertiary/aromatic N) is 3. The van der Waals surface area contributed by atoms with E-state index in [1.807, 2.05) is 6.92 Å². The number of thioether (sulfide) groups is 1. The Bertz CT molecular complexity index is 858. The van der Waals surface area contributed by atoms with Crippen LogP contribution in [0, 0.1) is 0 Å². The molecule has 1 amide bonds. The molecule has 0 spiro atoms. The third-order valence-electron chi connectivity index (χ3n) is 5.94. The standard InChI is InChI=1S/C23H32N4OS/c1-15(21(28)24-18-13-14-18)29-22-26-25-20(27(22)19-7-5-6-8-19)16-9-11-17(12-10-16)23(2,3)4/h9-12,15,18-19H,5-8,13-14H2,1-4H3,(H,24,28)/t15-/m1/s1. The molecule has 29 heavy (non-hydrogen) atoms. The molecule has 2 aliphatic carbocycles. The van der Waals surface area contributed by atoms with Crippen LogP contribution in [0.1, 0.15) is 77.8 Å². The van der Waals surface area contributed by atoms with Gasteiger partial charge >= 0.3 is 0 Å². The highest BCUT2D eigenvalue weighted by atomic mass is 32.2. The highest BCUT2D eigenvalue weighted by Crippen LogP contribution is 2.38. The Hall–Kier alpha value is -1.82. The van der Waals surface area contributed by atoms with Gasteiger partial charge in [0.2, 0.25) is 5.91 Å². The summed E-state index contributed by atoms with van der Waals surface area (Å²) in [6.07, 6.45) is 7.01. The van der Waals surface area contributed by atoms with Crippen molar-refractivity contribution in [2.75, 3.05) is 0 Å². The summed E-state index contributed by atoms with van der Waals surface area (Å²) in [6, 6.07) is 9.52. The van der Waals surface area contributed by atoms with Gasteiger partial charge in [-0.3, -0.25) is 9.36 Å². The molecule has 156 valence electrons. The van der Waals surface area contributed by atoms with Gasteiger partial charge in [0.1, 0.15) is 0 Å². The molecule has 1 heterocycles. The summed E-state index contributed by atoms with van der Waals surface area (Å²) < 4.78 is 2.30. The van der Waals surface area contributed by atoms with Crippen LogP contribution < -0.4 is 5.32 Å². The van der Waals surface area contributed by atoms with E-state index in [0.29, 0.717) is 12.1 Å². The Balaban J connectivity index is 1.61. The maximum atomic E-state index is 12.4. The van der Waals surface area contributed by atoms with Crippen molar-refractivity contribution in [2.24, 2.45) is 0 Å². The number of hydrogen-bond acceptors (Lipinski definition) is 4. The molecule has 2 saturated carbocycles. The van der Waals surface area contributed by atoms with Crippen LogP contribution in [0.2, 0.25) is 0 Å². The first kappa shape index (κ1) is 20.5. The first-order valence-electron chi connectivity index (χ1n) is 10.9.